The van der Waals surface area contributed by atoms with Crippen LogP contribution >= 0.6 is 0 Å². The van der Waals surface area contributed by atoms with Crippen LogP contribution in [-0.2, 0) is 0 Å². The van der Waals surface area contributed by atoms with Crippen LogP contribution in [0, 0.1) is 12.3 Å². The highest BCUT2D eigenvalue weighted by Gasteiger charge is 2.21. The third kappa shape index (κ3) is 4.15. The Morgan fingerprint density at radius 3 is 2.50 bits per heavy atom. The standard InChI is InChI=1S/C15H23NO2/c1-11-7-5-6-8-12(11)14(18)16-10-9-13(17)15(2,3)4/h5-8,13,17H,9-10H2,1-4H3,(H,16,18). The summed E-state index contributed by atoms with van der Waals surface area (Å²) in [4.78, 5) is 11.9. The molecule has 0 bridgehead atoms. The monoisotopic (exact) mass is 249 g/mol. The summed E-state index contributed by atoms with van der Waals surface area (Å²) in [5.74, 6) is -0.0748. The summed E-state index contributed by atoms with van der Waals surface area (Å²) in [5, 5.41) is 12.7. The number of rotatable bonds is 4. The van der Waals surface area contributed by atoms with Crippen LogP contribution in [0.1, 0.15) is 43.1 Å². The Labute approximate surface area is 109 Å². The Balaban J connectivity index is 2.46. The van der Waals surface area contributed by atoms with Crippen LogP contribution in [0.2, 0.25) is 0 Å². The second kappa shape index (κ2) is 6.01. The second-order valence-corrected chi connectivity index (χ2v) is 5.74. The summed E-state index contributed by atoms with van der Waals surface area (Å²) in [6, 6.07) is 7.49. The highest BCUT2D eigenvalue weighted by molar-refractivity contribution is 5.95. The quantitative estimate of drug-likeness (QED) is 0.861. The molecule has 100 valence electrons. The predicted molar refractivity (Wildman–Crippen MR) is 73.6 cm³/mol. The van der Waals surface area contributed by atoms with Gasteiger partial charge in [0, 0.05) is 12.1 Å². The SMILES string of the molecule is Cc1ccccc1C(=O)NCCC(O)C(C)(C)C. The van der Waals surface area contributed by atoms with Crippen LogP contribution in [0.3, 0.4) is 0 Å². The number of hydrogen-bond donors (Lipinski definition) is 2. The molecule has 1 atom stereocenters. The largest absolute Gasteiger partial charge is 0.393 e. The molecule has 2 N–H and O–H groups in total. The minimum absolute atomic E-state index is 0.0748. The number of nitrogens with one attached hydrogen (secondary N) is 1. The highest BCUT2D eigenvalue weighted by Crippen LogP contribution is 2.21. The van der Waals surface area contributed by atoms with Crippen LogP contribution in [0.25, 0.3) is 0 Å². The molecule has 0 radical (unpaired) electrons. The summed E-state index contributed by atoms with van der Waals surface area (Å²) in [6.07, 6.45) is 0.163. The maximum Gasteiger partial charge on any atom is 0.251 e. The lowest BCUT2D eigenvalue weighted by molar-refractivity contribution is 0.0551. The third-order valence-corrected chi connectivity index (χ3v) is 3.09. The zero-order valence-corrected chi connectivity index (χ0v) is 11.7. The van der Waals surface area contributed by atoms with E-state index in [9.17, 15) is 9.90 Å². The smallest absolute Gasteiger partial charge is 0.251 e. The van der Waals surface area contributed by atoms with Crippen molar-refractivity contribution in [1.82, 2.24) is 5.32 Å². The number of benzene rings is 1. The van der Waals surface area contributed by atoms with Crippen LogP contribution < -0.4 is 5.32 Å². The lowest BCUT2D eigenvalue weighted by Crippen LogP contribution is -2.32. The fraction of sp³-hybridized carbons (Fsp3) is 0.533. The molecule has 0 aliphatic carbocycles. The molecule has 0 spiro atoms. The molecule has 1 aromatic rings. The van der Waals surface area contributed by atoms with Gasteiger partial charge in [-0.3, -0.25) is 4.79 Å². The second-order valence-electron chi connectivity index (χ2n) is 5.74. The first-order valence-corrected chi connectivity index (χ1v) is 6.34. The number of aliphatic hydroxyl groups excluding tert-OH is 1. The van der Waals surface area contributed by atoms with E-state index < -0.39 is 6.10 Å². The van der Waals surface area contributed by atoms with Gasteiger partial charge in [-0.25, -0.2) is 0 Å². The average Bonchev–Trinajstić information content (AvgIpc) is 2.28. The molecule has 1 aromatic carbocycles. The average molecular weight is 249 g/mol. The molecule has 0 aromatic heterocycles. The number of aryl methyl sites for hydroxylation is 1. The van der Waals surface area contributed by atoms with Gasteiger partial charge in [0.15, 0.2) is 0 Å². The van der Waals surface area contributed by atoms with Crippen molar-refractivity contribution in [1.29, 1.82) is 0 Å². The lowest BCUT2D eigenvalue weighted by atomic mass is 9.87. The van der Waals surface area contributed by atoms with E-state index in [1.807, 2.05) is 52.0 Å². The molecular formula is C15H23NO2. The molecule has 1 amide bonds. The van der Waals surface area contributed by atoms with Crippen molar-refractivity contribution in [3.05, 3.63) is 35.4 Å². The number of carbonyl (C=O) groups is 1. The summed E-state index contributed by atoms with van der Waals surface area (Å²) in [5.41, 5.74) is 1.52. The van der Waals surface area contributed by atoms with E-state index in [4.69, 9.17) is 0 Å². The predicted octanol–water partition coefficient (Wildman–Crippen LogP) is 2.52. The first-order chi connectivity index (χ1) is 8.32. The highest BCUT2D eigenvalue weighted by atomic mass is 16.3. The van der Waals surface area contributed by atoms with Gasteiger partial charge in [-0.2, -0.15) is 0 Å². The zero-order chi connectivity index (χ0) is 13.8. The van der Waals surface area contributed by atoms with Crippen molar-refractivity contribution in [2.24, 2.45) is 5.41 Å². The van der Waals surface area contributed by atoms with E-state index >= 15 is 0 Å². The van der Waals surface area contributed by atoms with E-state index in [0.29, 0.717) is 18.5 Å². The molecule has 3 heteroatoms. The van der Waals surface area contributed by atoms with Crippen molar-refractivity contribution in [3.8, 4) is 0 Å². The maximum absolute atomic E-state index is 11.9. The van der Waals surface area contributed by atoms with Crippen molar-refractivity contribution in [2.75, 3.05) is 6.54 Å². The lowest BCUT2D eigenvalue weighted by Gasteiger charge is -2.25. The Morgan fingerprint density at radius 2 is 1.94 bits per heavy atom. The van der Waals surface area contributed by atoms with Gasteiger partial charge in [-0.1, -0.05) is 39.0 Å². The minimum Gasteiger partial charge on any atom is -0.393 e. The van der Waals surface area contributed by atoms with Crippen LogP contribution in [0.4, 0.5) is 0 Å². The van der Waals surface area contributed by atoms with Gasteiger partial charge >= 0.3 is 0 Å². The van der Waals surface area contributed by atoms with Gasteiger partial charge in [-0.15, -0.1) is 0 Å². The van der Waals surface area contributed by atoms with E-state index in [1.165, 1.54) is 0 Å². The van der Waals surface area contributed by atoms with E-state index in [-0.39, 0.29) is 11.3 Å². The summed E-state index contributed by atoms with van der Waals surface area (Å²) >= 11 is 0. The molecule has 1 rings (SSSR count). The zero-order valence-electron chi connectivity index (χ0n) is 11.7. The van der Waals surface area contributed by atoms with E-state index in [0.717, 1.165) is 5.56 Å². The van der Waals surface area contributed by atoms with Gasteiger partial charge in [0.25, 0.3) is 5.91 Å². The molecule has 0 fully saturated rings. The number of hydrogen-bond acceptors (Lipinski definition) is 2. The summed E-state index contributed by atoms with van der Waals surface area (Å²) < 4.78 is 0. The van der Waals surface area contributed by atoms with E-state index in [2.05, 4.69) is 5.32 Å². The topological polar surface area (TPSA) is 49.3 Å². The van der Waals surface area contributed by atoms with E-state index in [1.54, 1.807) is 0 Å². The number of amides is 1. The fourth-order valence-electron chi connectivity index (χ4n) is 1.68. The van der Waals surface area contributed by atoms with Crippen LogP contribution in [-0.4, -0.2) is 23.7 Å². The van der Waals surface area contributed by atoms with Crippen molar-refractivity contribution >= 4 is 5.91 Å². The van der Waals surface area contributed by atoms with Crippen LogP contribution in [0.5, 0.6) is 0 Å². The summed E-state index contributed by atoms with van der Waals surface area (Å²) in [6.45, 7) is 8.37. The first-order valence-electron chi connectivity index (χ1n) is 6.34. The molecule has 0 aliphatic rings. The molecule has 1 unspecified atom stereocenters. The van der Waals surface area contributed by atoms with Crippen LogP contribution in [0.15, 0.2) is 24.3 Å². The van der Waals surface area contributed by atoms with Gasteiger partial charge in [0.2, 0.25) is 0 Å². The molecule has 0 saturated heterocycles. The Morgan fingerprint density at radius 1 is 1.33 bits per heavy atom. The number of carbonyl (C=O) groups excluding carboxylic acids is 1. The number of aliphatic hydroxyl groups is 1. The maximum atomic E-state index is 11.9. The Hall–Kier alpha value is -1.35. The molecule has 0 saturated carbocycles. The summed E-state index contributed by atoms with van der Waals surface area (Å²) in [7, 11) is 0. The van der Waals surface area contributed by atoms with Crippen molar-refractivity contribution in [3.63, 3.8) is 0 Å². The molecule has 18 heavy (non-hydrogen) atoms. The normalized spacial score (nSPS) is 13.2. The fourth-order valence-corrected chi connectivity index (χ4v) is 1.68. The molecule has 0 aliphatic heterocycles. The Bertz CT molecular complexity index is 407. The van der Waals surface area contributed by atoms with Crippen molar-refractivity contribution < 1.29 is 9.90 Å². The molecule has 0 heterocycles. The van der Waals surface area contributed by atoms with Gasteiger partial charge < -0.3 is 10.4 Å². The van der Waals surface area contributed by atoms with Gasteiger partial charge in [0.05, 0.1) is 6.10 Å². The molecular weight excluding hydrogens is 226 g/mol. The molecule has 3 nitrogen and oxygen atoms in total. The van der Waals surface area contributed by atoms with Gasteiger partial charge in [-0.05, 0) is 30.4 Å². The first kappa shape index (κ1) is 14.7. The minimum atomic E-state index is -0.408. The third-order valence-electron chi connectivity index (χ3n) is 3.09. The van der Waals surface area contributed by atoms with Crippen molar-refractivity contribution in [2.45, 2.75) is 40.2 Å². The van der Waals surface area contributed by atoms with Gasteiger partial charge in [0.1, 0.15) is 0 Å². The Kier molecular flexibility index (Phi) is 4.91.